The number of hydrogen-bond donors (Lipinski definition) is 1. The zero-order valence-corrected chi connectivity index (χ0v) is 20.9. The molecule has 1 unspecified atom stereocenters. The van der Waals surface area contributed by atoms with Gasteiger partial charge >= 0.3 is 0 Å². The Morgan fingerprint density at radius 3 is 2.42 bits per heavy atom. The normalized spacial score (nSPS) is 17.4. The van der Waals surface area contributed by atoms with Gasteiger partial charge in [0.2, 0.25) is 0 Å². The summed E-state index contributed by atoms with van der Waals surface area (Å²) in [5, 5.41) is 12.7. The van der Waals surface area contributed by atoms with Gasteiger partial charge in [-0.25, -0.2) is 0 Å². The summed E-state index contributed by atoms with van der Waals surface area (Å²) in [6.07, 6.45) is 1.89. The van der Waals surface area contributed by atoms with Crippen molar-refractivity contribution < 1.29 is 19.4 Å². The fourth-order valence-corrected chi connectivity index (χ4v) is 4.91. The molecule has 1 amide bonds. The lowest BCUT2D eigenvalue weighted by atomic mass is 9.94. The Labute approximate surface area is 214 Å². The Hall–Kier alpha value is -4.03. The van der Waals surface area contributed by atoms with E-state index in [0.29, 0.717) is 22.0 Å². The highest BCUT2D eigenvalue weighted by Crippen LogP contribution is 2.45. The van der Waals surface area contributed by atoms with Gasteiger partial charge in [-0.2, -0.15) is 0 Å². The average Bonchev–Trinajstić information content (AvgIpc) is 3.32. The van der Waals surface area contributed by atoms with E-state index in [0.717, 1.165) is 16.5 Å². The van der Waals surface area contributed by atoms with Crippen LogP contribution in [0.2, 0.25) is 5.02 Å². The van der Waals surface area contributed by atoms with E-state index in [1.807, 2.05) is 55.9 Å². The molecule has 2 heterocycles. The quantitative estimate of drug-likeness (QED) is 0.200. The number of carbonyl (C=O) groups is 2. The number of rotatable bonds is 5. The van der Waals surface area contributed by atoms with Crippen LogP contribution in [0.1, 0.15) is 31.0 Å². The fraction of sp³-hybridized carbons (Fsp3) is 0.172. The number of benzene rings is 3. The summed E-state index contributed by atoms with van der Waals surface area (Å²) in [6, 6.07) is 20.5. The van der Waals surface area contributed by atoms with Crippen LogP contribution >= 0.6 is 11.6 Å². The number of aliphatic hydroxyl groups is 1. The van der Waals surface area contributed by atoms with Gasteiger partial charge in [0.15, 0.2) is 0 Å². The zero-order chi connectivity index (χ0) is 25.6. The van der Waals surface area contributed by atoms with E-state index < -0.39 is 17.7 Å². The molecule has 0 radical (unpaired) electrons. The molecule has 0 bridgehead atoms. The second kappa shape index (κ2) is 9.21. The highest BCUT2D eigenvalue weighted by molar-refractivity contribution is 6.52. The molecule has 0 saturated carbocycles. The molecule has 1 aromatic heterocycles. The van der Waals surface area contributed by atoms with Gasteiger partial charge in [-0.15, -0.1) is 0 Å². The van der Waals surface area contributed by atoms with Crippen molar-refractivity contribution in [1.29, 1.82) is 0 Å². The molecule has 36 heavy (non-hydrogen) atoms. The van der Waals surface area contributed by atoms with Crippen LogP contribution in [0.3, 0.4) is 0 Å². The van der Waals surface area contributed by atoms with Crippen molar-refractivity contribution >= 4 is 45.6 Å². The average molecular weight is 501 g/mol. The molecule has 1 fully saturated rings. The molecule has 0 spiro atoms. The van der Waals surface area contributed by atoms with Crippen molar-refractivity contribution in [2.45, 2.75) is 26.0 Å². The largest absolute Gasteiger partial charge is 0.507 e. The standard InChI is InChI=1S/C29H25ClN2O4/c1-17(2)36-21-13-11-18(12-14-21)27(33)25-26(23-16-31(3)24-10-5-4-9-22(23)24)32(29(35)28(25)34)20-8-6-7-19(30)15-20/h4-17,26,33H,1-3H3/b27-25+. The third-order valence-corrected chi connectivity index (χ3v) is 6.49. The lowest BCUT2D eigenvalue weighted by molar-refractivity contribution is -0.132. The lowest BCUT2D eigenvalue weighted by Gasteiger charge is -2.25. The first-order chi connectivity index (χ1) is 17.3. The number of Topliss-reactive ketones (excluding diaryl/α,β-unsaturated/α-hetero) is 1. The van der Waals surface area contributed by atoms with Gasteiger partial charge < -0.3 is 14.4 Å². The molecule has 1 atom stereocenters. The minimum absolute atomic E-state index is 0.00108. The number of carbonyl (C=O) groups excluding carboxylic acids is 2. The molecule has 4 aromatic rings. The van der Waals surface area contributed by atoms with Crippen LogP contribution in [-0.2, 0) is 16.6 Å². The molecule has 1 saturated heterocycles. The van der Waals surface area contributed by atoms with Crippen LogP contribution in [0.4, 0.5) is 5.69 Å². The highest BCUT2D eigenvalue weighted by atomic mass is 35.5. The van der Waals surface area contributed by atoms with Crippen LogP contribution in [0.15, 0.2) is 84.6 Å². The number of aliphatic hydroxyl groups excluding tert-OH is 1. The molecule has 1 aliphatic heterocycles. The number of nitrogens with zero attached hydrogens (tertiary/aromatic N) is 2. The van der Waals surface area contributed by atoms with E-state index in [2.05, 4.69) is 0 Å². The molecule has 5 rings (SSSR count). The number of anilines is 1. The van der Waals surface area contributed by atoms with E-state index in [-0.39, 0.29) is 17.4 Å². The molecule has 3 aromatic carbocycles. The van der Waals surface area contributed by atoms with Crippen LogP contribution in [0.25, 0.3) is 16.7 Å². The molecule has 182 valence electrons. The number of hydrogen-bond acceptors (Lipinski definition) is 4. The van der Waals surface area contributed by atoms with Crippen LogP contribution in [-0.4, -0.2) is 27.5 Å². The van der Waals surface area contributed by atoms with Crippen molar-refractivity contribution in [3.63, 3.8) is 0 Å². The molecule has 0 aliphatic carbocycles. The predicted molar refractivity (Wildman–Crippen MR) is 141 cm³/mol. The first-order valence-corrected chi connectivity index (χ1v) is 12.0. The Bertz CT molecular complexity index is 1520. The van der Waals surface area contributed by atoms with Crippen LogP contribution in [0.5, 0.6) is 5.75 Å². The lowest BCUT2D eigenvalue weighted by Crippen LogP contribution is -2.29. The smallest absolute Gasteiger partial charge is 0.300 e. The summed E-state index contributed by atoms with van der Waals surface area (Å²) < 4.78 is 7.64. The number of aryl methyl sites for hydroxylation is 1. The van der Waals surface area contributed by atoms with Gasteiger partial charge in [-0.05, 0) is 62.4 Å². The molecule has 7 heteroatoms. The Morgan fingerprint density at radius 1 is 1.00 bits per heavy atom. The summed E-state index contributed by atoms with van der Waals surface area (Å²) in [5.74, 6) is -1.08. The van der Waals surface area contributed by atoms with E-state index in [4.69, 9.17) is 16.3 Å². The predicted octanol–water partition coefficient (Wildman–Crippen LogP) is 6.25. The van der Waals surface area contributed by atoms with Gasteiger partial charge in [0.25, 0.3) is 11.7 Å². The maximum Gasteiger partial charge on any atom is 0.300 e. The van der Waals surface area contributed by atoms with Gasteiger partial charge in [-0.1, -0.05) is 35.9 Å². The minimum atomic E-state index is -0.846. The topological polar surface area (TPSA) is 71.8 Å². The Kier molecular flexibility index (Phi) is 6.06. The second-order valence-corrected chi connectivity index (χ2v) is 9.49. The first-order valence-electron chi connectivity index (χ1n) is 11.6. The number of fused-ring (bicyclic) bond motifs is 1. The Morgan fingerprint density at radius 2 is 1.72 bits per heavy atom. The maximum absolute atomic E-state index is 13.5. The number of amides is 1. The Balaban J connectivity index is 1.73. The second-order valence-electron chi connectivity index (χ2n) is 9.05. The molecular weight excluding hydrogens is 476 g/mol. The van der Waals surface area contributed by atoms with Crippen molar-refractivity contribution in [2.75, 3.05) is 4.90 Å². The third-order valence-electron chi connectivity index (χ3n) is 6.25. The number of para-hydroxylation sites is 1. The fourth-order valence-electron chi connectivity index (χ4n) is 4.73. The molecular formula is C29H25ClN2O4. The van der Waals surface area contributed by atoms with Gasteiger partial charge in [0.05, 0.1) is 17.7 Å². The molecule has 6 nitrogen and oxygen atoms in total. The van der Waals surface area contributed by atoms with E-state index >= 15 is 0 Å². The van der Waals surface area contributed by atoms with Gasteiger partial charge in [0, 0.05) is 46.0 Å². The first kappa shape index (κ1) is 23.7. The van der Waals surface area contributed by atoms with E-state index in [9.17, 15) is 14.7 Å². The van der Waals surface area contributed by atoms with Crippen LogP contribution < -0.4 is 9.64 Å². The summed E-state index contributed by atoms with van der Waals surface area (Å²) in [4.78, 5) is 28.3. The number of ether oxygens (including phenoxy) is 1. The monoisotopic (exact) mass is 500 g/mol. The summed E-state index contributed by atoms with van der Waals surface area (Å²) in [5.41, 5.74) is 2.59. The van der Waals surface area contributed by atoms with Crippen LogP contribution in [0, 0.1) is 0 Å². The minimum Gasteiger partial charge on any atom is -0.507 e. The maximum atomic E-state index is 13.5. The van der Waals surface area contributed by atoms with Crippen molar-refractivity contribution in [3.05, 3.63) is 101 Å². The molecule has 1 aliphatic rings. The third kappa shape index (κ3) is 4.03. The summed E-state index contributed by atoms with van der Waals surface area (Å²) in [7, 11) is 1.91. The number of aromatic nitrogens is 1. The highest BCUT2D eigenvalue weighted by Gasteiger charge is 2.47. The van der Waals surface area contributed by atoms with Crippen molar-refractivity contribution in [1.82, 2.24) is 4.57 Å². The SMILES string of the molecule is CC(C)Oc1ccc(/C(O)=C2\C(=O)C(=O)N(c3cccc(Cl)c3)C2c2cn(C)c3ccccc23)cc1. The van der Waals surface area contributed by atoms with Gasteiger partial charge in [0.1, 0.15) is 11.5 Å². The zero-order valence-electron chi connectivity index (χ0n) is 20.1. The summed E-state index contributed by atoms with van der Waals surface area (Å²) >= 11 is 6.25. The van der Waals surface area contributed by atoms with Crippen molar-refractivity contribution in [3.8, 4) is 5.75 Å². The van der Waals surface area contributed by atoms with E-state index in [1.165, 1.54) is 4.90 Å². The number of halogens is 1. The summed E-state index contributed by atoms with van der Waals surface area (Å²) in [6.45, 7) is 3.85. The van der Waals surface area contributed by atoms with Crippen molar-refractivity contribution in [2.24, 2.45) is 7.05 Å². The van der Waals surface area contributed by atoms with E-state index in [1.54, 1.807) is 48.5 Å². The molecule has 1 N–H and O–H groups in total. The number of ketones is 1. The van der Waals surface area contributed by atoms with Gasteiger partial charge in [-0.3, -0.25) is 14.5 Å².